The minimum atomic E-state index is 0.319. The van der Waals surface area contributed by atoms with Gasteiger partial charge in [-0.3, -0.25) is 0 Å². The van der Waals surface area contributed by atoms with Crippen LogP contribution >= 0.6 is 11.3 Å². The SMILES string of the molecule is c1ccc2c(c1)ncn2Cc1nnc2sc(C34CC5CC(CC(C5)C3)C4)nn12. The summed E-state index contributed by atoms with van der Waals surface area (Å²) in [5.74, 6) is 3.68. The Hall–Kier alpha value is -2.28. The van der Waals surface area contributed by atoms with E-state index < -0.39 is 0 Å². The molecule has 3 heterocycles. The molecule has 7 heteroatoms. The van der Waals surface area contributed by atoms with Crippen LogP contribution in [0.25, 0.3) is 16.0 Å². The molecule has 4 aromatic rings. The van der Waals surface area contributed by atoms with Crippen LogP contribution in [0.5, 0.6) is 0 Å². The normalized spacial score (nSPS) is 31.4. The maximum Gasteiger partial charge on any atom is 0.234 e. The van der Waals surface area contributed by atoms with Gasteiger partial charge in [0.15, 0.2) is 5.82 Å². The molecule has 0 unspecified atom stereocenters. The predicted octanol–water partition coefficient (Wildman–Crippen LogP) is 4.05. The van der Waals surface area contributed by atoms with Crippen LogP contribution in [0.15, 0.2) is 30.6 Å². The molecule has 0 saturated heterocycles. The van der Waals surface area contributed by atoms with Crippen LogP contribution in [0.3, 0.4) is 0 Å². The van der Waals surface area contributed by atoms with Crippen molar-refractivity contribution in [2.24, 2.45) is 17.8 Å². The zero-order valence-corrected chi connectivity index (χ0v) is 16.5. The molecule has 28 heavy (non-hydrogen) atoms. The van der Waals surface area contributed by atoms with E-state index in [9.17, 15) is 0 Å². The minimum Gasteiger partial charge on any atom is -0.323 e. The van der Waals surface area contributed by atoms with Gasteiger partial charge in [0.1, 0.15) is 5.01 Å². The average Bonchev–Trinajstić information content (AvgIpc) is 3.37. The van der Waals surface area contributed by atoms with Gasteiger partial charge in [-0.15, -0.1) is 10.2 Å². The molecule has 1 aromatic carbocycles. The van der Waals surface area contributed by atoms with Crippen LogP contribution in [-0.4, -0.2) is 29.4 Å². The van der Waals surface area contributed by atoms with E-state index in [1.165, 1.54) is 43.5 Å². The first-order valence-corrected chi connectivity index (χ1v) is 11.2. The Labute approximate surface area is 166 Å². The fourth-order valence-corrected chi connectivity index (χ4v) is 7.71. The highest BCUT2D eigenvalue weighted by molar-refractivity contribution is 7.16. The predicted molar refractivity (Wildman–Crippen MR) is 107 cm³/mol. The van der Waals surface area contributed by atoms with Gasteiger partial charge in [0.25, 0.3) is 0 Å². The third kappa shape index (κ3) is 2.14. The molecule has 0 N–H and O–H groups in total. The van der Waals surface area contributed by atoms with Crippen LogP contribution in [0.2, 0.25) is 0 Å². The third-order valence-electron chi connectivity index (χ3n) is 7.39. The summed E-state index contributed by atoms with van der Waals surface area (Å²) >= 11 is 1.78. The zero-order chi connectivity index (χ0) is 18.3. The largest absolute Gasteiger partial charge is 0.323 e. The Morgan fingerprint density at radius 2 is 1.75 bits per heavy atom. The van der Waals surface area contributed by atoms with Gasteiger partial charge in [-0.1, -0.05) is 23.5 Å². The number of hydrogen-bond donors (Lipinski definition) is 0. The highest BCUT2D eigenvalue weighted by atomic mass is 32.1. The molecule has 4 aliphatic rings. The van der Waals surface area contributed by atoms with E-state index in [1.807, 2.05) is 29.0 Å². The van der Waals surface area contributed by atoms with E-state index in [0.717, 1.165) is 39.6 Å². The van der Waals surface area contributed by atoms with Crippen LogP contribution in [0.1, 0.15) is 49.4 Å². The van der Waals surface area contributed by atoms with Crippen LogP contribution in [0.4, 0.5) is 0 Å². The molecule has 6 nitrogen and oxygen atoms in total. The van der Waals surface area contributed by atoms with Gasteiger partial charge < -0.3 is 4.57 Å². The molecule has 0 aliphatic heterocycles. The highest BCUT2D eigenvalue weighted by Crippen LogP contribution is 2.61. The third-order valence-corrected chi connectivity index (χ3v) is 8.53. The van der Waals surface area contributed by atoms with Gasteiger partial charge in [0.05, 0.1) is 23.9 Å². The lowest BCUT2D eigenvalue weighted by atomic mass is 9.50. The van der Waals surface area contributed by atoms with Crippen molar-refractivity contribution in [1.82, 2.24) is 29.4 Å². The first-order valence-electron chi connectivity index (χ1n) is 10.4. The minimum absolute atomic E-state index is 0.319. The van der Waals surface area contributed by atoms with E-state index in [-0.39, 0.29) is 0 Å². The fourth-order valence-electron chi connectivity index (χ4n) is 6.63. The van der Waals surface area contributed by atoms with Crippen molar-refractivity contribution in [1.29, 1.82) is 0 Å². The van der Waals surface area contributed by atoms with Crippen LogP contribution < -0.4 is 0 Å². The van der Waals surface area contributed by atoms with Crippen molar-refractivity contribution < 1.29 is 0 Å². The van der Waals surface area contributed by atoms with E-state index >= 15 is 0 Å². The molecular weight excluding hydrogens is 368 g/mol. The van der Waals surface area contributed by atoms with E-state index in [4.69, 9.17) is 5.10 Å². The molecule has 8 rings (SSSR count). The number of hydrogen-bond acceptors (Lipinski definition) is 5. The van der Waals surface area contributed by atoms with Crippen molar-refractivity contribution >= 4 is 27.3 Å². The first kappa shape index (κ1) is 15.6. The monoisotopic (exact) mass is 390 g/mol. The molecule has 3 aromatic heterocycles. The lowest BCUT2D eigenvalue weighted by Gasteiger charge is -2.55. The Morgan fingerprint density at radius 3 is 2.54 bits per heavy atom. The summed E-state index contributed by atoms with van der Waals surface area (Å²) < 4.78 is 4.13. The molecule has 4 bridgehead atoms. The summed E-state index contributed by atoms with van der Waals surface area (Å²) in [4.78, 5) is 5.43. The molecule has 142 valence electrons. The Kier molecular flexibility index (Phi) is 3.02. The van der Waals surface area contributed by atoms with Crippen molar-refractivity contribution in [3.05, 3.63) is 41.4 Å². The summed E-state index contributed by atoms with van der Waals surface area (Å²) in [6, 6.07) is 8.21. The summed E-state index contributed by atoms with van der Waals surface area (Å²) in [6.07, 6.45) is 10.3. The summed E-state index contributed by atoms with van der Waals surface area (Å²) in [7, 11) is 0. The summed E-state index contributed by atoms with van der Waals surface area (Å²) in [5.41, 5.74) is 2.45. The van der Waals surface area contributed by atoms with Crippen molar-refractivity contribution in [3.8, 4) is 0 Å². The lowest BCUT2D eigenvalue weighted by molar-refractivity contribution is -0.00567. The standard InChI is InChI=1S/C21H22N6S/c1-2-4-17-16(3-1)22-12-26(17)11-18-23-24-20-27(18)25-19(28-20)21-8-13-5-14(9-21)7-15(6-13)10-21/h1-4,12-15H,5-11H2. The maximum absolute atomic E-state index is 5.10. The fraction of sp³-hybridized carbons (Fsp3) is 0.524. The van der Waals surface area contributed by atoms with Gasteiger partial charge >= 0.3 is 0 Å². The summed E-state index contributed by atoms with van der Waals surface area (Å²) in [5, 5.41) is 15.3. The number of nitrogens with zero attached hydrogens (tertiary/aromatic N) is 6. The average molecular weight is 391 g/mol. The van der Waals surface area contributed by atoms with Crippen molar-refractivity contribution in [2.45, 2.75) is 50.5 Å². The van der Waals surface area contributed by atoms with Gasteiger partial charge in [-0.25, -0.2) is 4.98 Å². The number of rotatable bonds is 3. The molecule has 0 atom stereocenters. The molecule has 4 saturated carbocycles. The number of fused-ring (bicyclic) bond motifs is 2. The Balaban J connectivity index is 1.28. The van der Waals surface area contributed by atoms with Gasteiger partial charge in [-0.2, -0.15) is 9.61 Å². The smallest absolute Gasteiger partial charge is 0.234 e. The van der Waals surface area contributed by atoms with E-state index in [0.29, 0.717) is 12.0 Å². The first-order chi connectivity index (χ1) is 13.8. The Morgan fingerprint density at radius 1 is 1.00 bits per heavy atom. The second-order valence-corrected chi connectivity index (χ2v) is 10.2. The molecule has 4 fully saturated rings. The lowest BCUT2D eigenvalue weighted by Crippen LogP contribution is -2.48. The number of aromatic nitrogens is 6. The molecule has 4 aliphatic carbocycles. The molecule has 0 radical (unpaired) electrons. The van der Waals surface area contributed by atoms with Crippen molar-refractivity contribution in [2.75, 3.05) is 0 Å². The van der Waals surface area contributed by atoms with Crippen molar-refractivity contribution in [3.63, 3.8) is 0 Å². The summed E-state index contributed by atoms with van der Waals surface area (Å²) in [6.45, 7) is 0.645. The van der Waals surface area contributed by atoms with E-state index in [2.05, 4.69) is 25.8 Å². The quantitative estimate of drug-likeness (QED) is 0.529. The maximum atomic E-state index is 5.10. The van der Waals surface area contributed by atoms with Crippen LogP contribution in [0, 0.1) is 17.8 Å². The number of imidazole rings is 1. The van der Waals surface area contributed by atoms with Gasteiger partial charge in [0, 0.05) is 5.41 Å². The van der Waals surface area contributed by atoms with Gasteiger partial charge in [0.2, 0.25) is 4.96 Å². The Bertz CT molecular complexity index is 1160. The van der Waals surface area contributed by atoms with E-state index in [1.54, 1.807) is 11.3 Å². The highest BCUT2D eigenvalue weighted by Gasteiger charge is 2.53. The molecular formula is C21H22N6S. The number of para-hydroxylation sites is 2. The number of benzene rings is 1. The van der Waals surface area contributed by atoms with Gasteiger partial charge in [-0.05, 0) is 68.4 Å². The molecule has 0 spiro atoms. The topological polar surface area (TPSA) is 60.9 Å². The second kappa shape index (κ2) is 5.41. The zero-order valence-electron chi connectivity index (χ0n) is 15.7. The second-order valence-electron chi connectivity index (χ2n) is 9.28. The van der Waals surface area contributed by atoms with Crippen LogP contribution in [-0.2, 0) is 12.0 Å². The molecule has 0 amide bonds.